The van der Waals surface area contributed by atoms with E-state index in [1.165, 1.54) is 0 Å². The molecule has 1 atom stereocenters. The summed E-state index contributed by atoms with van der Waals surface area (Å²) in [7, 11) is 0. The van der Waals surface area contributed by atoms with Gasteiger partial charge in [-0.3, -0.25) is 4.79 Å². The number of hydrogen-bond acceptors (Lipinski definition) is 2. The molecule has 3 nitrogen and oxygen atoms in total. The first kappa shape index (κ1) is 15.2. The lowest BCUT2D eigenvalue weighted by Crippen LogP contribution is -2.55. The highest BCUT2D eigenvalue weighted by Crippen LogP contribution is 2.47. The summed E-state index contributed by atoms with van der Waals surface area (Å²) >= 11 is 0. The van der Waals surface area contributed by atoms with Gasteiger partial charge in [-0.25, -0.2) is 0 Å². The molecule has 2 heterocycles. The Bertz CT molecular complexity index is 810. The Morgan fingerprint density at radius 2 is 1.75 bits per heavy atom. The molecule has 0 aliphatic carbocycles. The summed E-state index contributed by atoms with van der Waals surface area (Å²) < 4.78 is 6.52. The van der Waals surface area contributed by atoms with Crippen LogP contribution in [0.2, 0.25) is 0 Å². The van der Waals surface area contributed by atoms with Gasteiger partial charge >= 0.3 is 0 Å². The summed E-state index contributed by atoms with van der Waals surface area (Å²) in [5, 5.41) is 0. The van der Waals surface area contributed by atoms with E-state index in [9.17, 15) is 4.79 Å². The maximum absolute atomic E-state index is 12.9. The van der Waals surface area contributed by atoms with Gasteiger partial charge in [0.2, 0.25) is 0 Å². The van der Waals surface area contributed by atoms with Crippen molar-refractivity contribution >= 4 is 12.0 Å². The highest BCUT2D eigenvalue weighted by atomic mass is 16.5. The largest absolute Gasteiger partial charge is 0.342 e. The van der Waals surface area contributed by atoms with Crippen molar-refractivity contribution in [3.63, 3.8) is 0 Å². The van der Waals surface area contributed by atoms with Crippen LogP contribution in [0.15, 0.2) is 60.7 Å². The van der Waals surface area contributed by atoms with E-state index in [0.29, 0.717) is 6.54 Å². The third-order valence-corrected chi connectivity index (χ3v) is 4.86. The van der Waals surface area contributed by atoms with Crippen LogP contribution in [0.4, 0.5) is 0 Å². The topological polar surface area (TPSA) is 29.5 Å². The second kappa shape index (κ2) is 5.32. The quantitative estimate of drug-likeness (QED) is 0.830. The maximum Gasteiger partial charge on any atom is 0.257 e. The monoisotopic (exact) mass is 319 g/mol. The van der Waals surface area contributed by atoms with E-state index in [2.05, 4.69) is 13.8 Å². The highest BCUT2D eigenvalue weighted by Gasteiger charge is 2.54. The first-order valence-corrected chi connectivity index (χ1v) is 8.38. The van der Waals surface area contributed by atoms with Crippen molar-refractivity contribution in [1.29, 1.82) is 0 Å². The van der Waals surface area contributed by atoms with Crippen LogP contribution < -0.4 is 0 Å². The molecule has 4 rings (SSSR count). The average molecular weight is 319 g/mol. The number of nitrogens with zero attached hydrogens (tertiary/aromatic N) is 1. The van der Waals surface area contributed by atoms with Crippen LogP contribution in [0, 0.1) is 0 Å². The molecule has 2 aromatic rings. The standard InChI is InChI=1S/C21H21NO2/c1-20(2)14-15-22-19(23)17-10-6-7-11-18(17)21(22,24-20)13-12-16-8-4-3-5-9-16/h3-13H,14-15H2,1-2H3/b13-12+/t21-/m1/s1. The predicted octanol–water partition coefficient (Wildman–Crippen LogP) is 4.21. The van der Waals surface area contributed by atoms with Gasteiger partial charge in [-0.15, -0.1) is 0 Å². The van der Waals surface area contributed by atoms with Gasteiger partial charge in [-0.05, 0) is 38.0 Å². The van der Waals surface area contributed by atoms with E-state index in [-0.39, 0.29) is 11.5 Å². The minimum absolute atomic E-state index is 0.0545. The van der Waals surface area contributed by atoms with Crippen LogP contribution in [0.5, 0.6) is 0 Å². The molecule has 1 fully saturated rings. The van der Waals surface area contributed by atoms with Crippen LogP contribution in [-0.2, 0) is 10.5 Å². The molecule has 0 bridgehead atoms. The number of hydrogen-bond donors (Lipinski definition) is 0. The van der Waals surface area contributed by atoms with Crippen LogP contribution in [0.1, 0.15) is 41.8 Å². The fourth-order valence-electron chi connectivity index (χ4n) is 3.64. The number of fused-ring (bicyclic) bond motifs is 3. The van der Waals surface area contributed by atoms with Gasteiger partial charge in [0.15, 0.2) is 5.72 Å². The molecule has 0 spiro atoms. The molecule has 3 heteroatoms. The van der Waals surface area contributed by atoms with Crippen molar-refractivity contribution < 1.29 is 9.53 Å². The van der Waals surface area contributed by atoms with Gasteiger partial charge in [-0.1, -0.05) is 54.6 Å². The lowest BCUT2D eigenvalue weighted by Gasteiger charge is -2.47. The van der Waals surface area contributed by atoms with Gasteiger partial charge in [0.25, 0.3) is 5.91 Å². The van der Waals surface area contributed by atoms with Gasteiger partial charge in [-0.2, -0.15) is 0 Å². The maximum atomic E-state index is 12.9. The Labute approximate surface area is 142 Å². The van der Waals surface area contributed by atoms with Gasteiger partial charge in [0.1, 0.15) is 0 Å². The van der Waals surface area contributed by atoms with Crippen molar-refractivity contribution in [2.75, 3.05) is 6.54 Å². The average Bonchev–Trinajstić information content (AvgIpc) is 2.82. The molecule has 0 unspecified atom stereocenters. The van der Waals surface area contributed by atoms with Crippen molar-refractivity contribution in [1.82, 2.24) is 4.90 Å². The van der Waals surface area contributed by atoms with Gasteiger partial charge in [0, 0.05) is 17.7 Å². The molecule has 0 aromatic heterocycles. The SMILES string of the molecule is CC1(C)CCN2C(=O)c3ccccc3[C@@]2(/C=C/c2ccccc2)O1. The minimum Gasteiger partial charge on any atom is -0.342 e. The summed E-state index contributed by atoms with van der Waals surface area (Å²) in [5.74, 6) is 0.0545. The molecule has 2 aliphatic heterocycles. The smallest absolute Gasteiger partial charge is 0.257 e. The van der Waals surface area contributed by atoms with Gasteiger partial charge < -0.3 is 9.64 Å². The van der Waals surface area contributed by atoms with E-state index >= 15 is 0 Å². The van der Waals surface area contributed by atoms with Crippen LogP contribution in [0.3, 0.4) is 0 Å². The van der Waals surface area contributed by atoms with Crippen LogP contribution >= 0.6 is 0 Å². The van der Waals surface area contributed by atoms with Crippen molar-refractivity contribution in [2.24, 2.45) is 0 Å². The van der Waals surface area contributed by atoms with Crippen LogP contribution in [-0.4, -0.2) is 23.0 Å². The number of benzene rings is 2. The van der Waals surface area contributed by atoms with Crippen molar-refractivity contribution in [3.05, 3.63) is 77.4 Å². The van der Waals surface area contributed by atoms with E-state index in [1.807, 2.05) is 71.6 Å². The Morgan fingerprint density at radius 1 is 1.04 bits per heavy atom. The Balaban J connectivity index is 1.86. The molecular weight excluding hydrogens is 298 g/mol. The van der Waals surface area contributed by atoms with E-state index in [1.54, 1.807) is 0 Å². The fourth-order valence-corrected chi connectivity index (χ4v) is 3.64. The summed E-state index contributed by atoms with van der Waals surface area (Å²) in [5.41, 5.74) is 1.68. The number of rotatable bonds is 2. The third-order valence-electron chi connectivity index (χ3n) is 4.86. The summed E-state index contributed by atoms with van der Waals surface area (Å²) in [4.78, 5) is 14.7. The number of amides is 1. The van der Waals surface area contributed by atoms with E-state index in [4.69, 9.17) is 4.74 Å². The lowest BCUT2D eigenvalue weighted by molar-refractivity contribution is -0.212. The second-order valence-corrected chi connectivity index (χ2v) is 7.05. The molecule has 0 N–H and O–H groups in total. The zero-order valence-corrected chi connectivity index (χ0v) is 14.0. The normalized spacial score (nSPS) is 24.9. The minimum atomic E-state index is -0.814. The summed E-state index contributed by atoms with van der Waals surface area (Å²) in [6, 6.07) is 17.9. The first-order chi connectivity index (χ1) is 11.5. The van der Waals surface area contributed by atoms with Gasteiger partial charge in [0.05, 0.1) is 5.60 Å². The van der Waals surface area contributed by atoms with Crippen molar-refractivity contribution in [2.45, 2.75) is 31.6 Å². The third kappa shape index (κ3) is 2.28. The Kier molecular flexibility index (Phi) is 3.36. The number of ether oxygens (including phenoxy) is 1. The molecule has 122 valence electrons. The molecule has 0 radical (unpaired) electrons. The molecular formula is C21H21NO2. The van der Waals surface area contributed by atoms with Crippen LogP contribution in [0.25, 0.3) is 6.08 Å². The van der Waals surface area contributed by atoms with Crippen molar-refractivity contribution in [3.8, 4) is 0 Å². The molecule has 0 saturated carbocycles. The summed E-state index contributed by atoms with van der Waals surface area (Å²) in [6.07, 6.45) is 4.91. The Hall–Kier alpha value is -2.39. The van der Waals surface area contributed by atoms with E-state index in [0.717, 1.165) is 23.1 Å². The second-order valence-electron chi connectivity index (χ2n) is 7.05. The molecule has 2 aromatic carbocycles. The predicted molar refractivity (Wildman–Crippen MR) is 94.4 cm³/mol. The molecule has 2 aliphatic rings. The summed E-state index contributed by atoms with van der Waals surface area (Å²) in [6.45, 7) is 4.88. The molecule has 1 saturated heterocycles. The lowest BCUT2D eigenvalue weighted by atomic mass is 9.94. The Morgan fingerprint density at radius 3 is 2.54 bits per heavy atom. The highest BCUT2D eigenvalue weighted by molar-refractivity contribution is 6.00. The molecule has 1 amide bonds. The van der Waals surface area contributed by atoms with E-state index < -0.39 is 5.72 Å². The zero-order chi connectivity index (χ0) is 16.8. The fraction of sp³-hybridized carbons (Fsp3) is 0.286. The number of carbonyl (C=O) groups is 1. The zero-order valence-electron chi connectivity index (χ0n) is 14.0. The molecule has 24 heavy (non-hydrogen) atoms. The number of carbonyl (C=O) groups excluding carboxylic acids is 1. The first-order valence-electron chi connectivity index (χ1n) is 8.38.